The molecule has 98 valence electrons. The van der Waals surface area contributed by atoms with Crippen LogP contribution in [0.25, 0.3) is 0 Å². The van der Waals surface area contributed by atoms with E-state index in [0.717, 1.165) is 13.0 Å². The Labute approximate surface area is 105 Å². The molecule has 2 unspecified atom stereocenters. The summed E-state index contributed by atoms with van der Waals surface area (Å²) in [5.74, 6) is 0.987. The van der Waals surface area contributed by atoms with E-state index in [1.54, 1.807) is 0 Å². The minimum Gasteiger partial charge on any atom is -0.375 e. The highest BCUT2D eigenvalue weighted by atomic mass is 16.5. The molecule has 1 aliphatic carbocycles. The Kier molecular flexibility index (Phi) is 4.43. The van der Waals surface area contributed by atoms with E-state index < -0.39 is 0 Å². The van der Waals surface area contributed by atoms with Gasteiger partial charge in [-0.3, -0.25) is 4.79 Å². The van der Waals surface area contributed by atoms with Gasteiger partial charge >= 0.3 is 0 Å². The number of nitrogens with zero attached hydrogens (tertiary/aromatic N) is 1. The van der Waals surface area contributed by atoms with Crippen LogP contribution in [0, 0.1) is 5.92 Å². The highest BCUT2D eigenvalue weighted by Crippen LogP contribution is 2.27. The molecule has 2 rings (SSSR count). The van der Waals surface area contributed by atoms with Gasteiger partial charge in [0.25, 0.3) is 0 Å². The summed E-state index contributed by atoms with van der Waals surface area (Å²) in [7, 11) is 0. The predicted molar refractivity (Wildman–Crippen MR) is 67.8 cm³/mol. The first-order chi connectivity index (χ1) is 8.16. The average molecular weight is 239 g/mol. The van der Waals surface area contributed by atoms with Gasteiger partial charge in [-0.15, -0.1) is 0 Å². The van der Waals surface area contributed by atoms with E-state index in [4.69, 9.17) is 4.74 Å². The van der Waals surface area contributed by atoms with Gasteiger partial charge in [0.1, 0.15) is 0 Å². The van der Waals surface area contributed by atoms with Crippen LogP contribution in [0.3, 0.4) is 0 Å². The smallest absolute Gasteiger partial charge is 0.223 e. The standard InChI is InChI=1S/C14H25NO2/c1-11-10-17-12(2)9-15(11)14(16)8-13-6-4-3-5-7-13/h11-13H,3-10H2,1-2H3. The van der Waals surface area contributed by atoms with Gasteiger partial charge in [-0.05, 0) is 32.6 Å². The maximum absolute atomic E-state index is 12.3. The Hall–Kier alpha value is -0.570. The van der Waals surface area contributed by atoms with Crippen LogP contribution < -0.4 is 0 Å². The van der Waals surface area contributed by atoms with Crippen LogP contribution in [0.1, 0.15) is 52.4 Å². The highest BCUT2D eigenvalue weighted by molar-refractivity contribution is 5.77. The van der Waals surface area contributed by atoms with Crippen molar-refractivity contribution >= 4 is 5.91 Å². The van der Waals surface area contributed by atoms with E-state index in [0.29, 0.717) is 18.4 Å². The molecule has 0 N–H and O–H groups in total. The normalized spacial score (nSPS) is 31.5. The van der Waals surface area contributed by atoms with Gasteiger partial charge in [0, 0.05) is 13.0 Å². The number of hydrogen-bond acceptors (Lipinski definition) is 2. The Bertz CT molecular complexity index is 261. The second-order valence-electron chi connectivity index (χ2n) is 5.75. The van der Waals surface area contributed by atoms with Crippen molar-refractivity contribution in [1.29, 1.82) is 0 Å². The number of ether oxygens (including phenoxy) is 1. The third kappa shape index (κ3) is 3.44. The molecule has 0 spiro atoms. The molecule has 1 saturated carbocycles. The lowest BCUT2D eigenvalue weighted by atomic mass is 9.86. The van der Waals surface area contributed by atoms with Gasteiger partial charge in [0.2, 0.25) is 5.91 Å². The lowest BCUT2D eigenvalue weighted by molar-refractivity contribution is -0.144. The Morgan fingerprint density at radius 2 is 1.94 bits per heavy atom. The van der Waals surface area contributed by atoms with Crippen LogP contribution in [0.5, 0.6) is 0 Å². The second kappa shape index (κ2) is 5.85. The Morgan fingerprint density at radius 1 is 1.24 bits per heavy atom. The topological polar surface area (TPSA) is 29.5 Å². The van der Waals surface area contributed by atoms with Crippen molar-refractivity contribution in [2.45, 2.75) is 64.5 Å². The van der Waals surface area contributed by atoms with Gasteiger partial charge in [-0.1, -0.05) is 19.3 Å². The first-order valence-electron chi connectivity index (χ1n) is 7.08. The highest BCUT2D eigenvalue weighted by Gasteiger charge is 2.29. The quantitative estimate of drug-likeness (QED) is 0.741. The van der Waals surface area contributed by atoms with Crippen LogP contribution in [0.15, 0.2) is 0 Å². The fourth-order valence-corrected chi connectivity index (χ4v) is 3.01. The molecular formula is C14H25NO2. The SMILES string of the molecule is CC1CN(C(=O)CC2CCCCC2)C(C)CO1. The minimum absolute atomic E-state index is 0.196. The monoisotopic (exact) mass is 239 g/mol. The molecule has 3 nitrogen and oxygen atoms in total. The second-order valence-corrected chi connectivity index (χ2v) is 5.75. The van der Waals surface area contributed by atoms with Crippen molar-refractivity contribution < 1.29 is 9.53 Å². The first-order valence-corrected chi connectivity index (χ1v) is 7.08. The van der Waals surface area contributed by atoms with E-state index >= 15 is 0 Å². The molecule has 17 heavy (non-hydrogen) atoms. The molecule has 0 aromatic carbocycles. The van der Waals surface area contributed by atoms with Crippen molar-refractivity contribution in [2.24, 2.45) is 5.92 Å². The molecule has 1 saturated heterocycles. The zero-order valence-corrected chi connectivity index (χ0v) is 11.2. The van der Waals surface area contributed by atoms with E-state index in [2.05, 4.69) is 6.92 Å². The summed E-state index contributed by atoms with van der Waals surface area (Å²) in [5, 5.41) is 0. The molecule has 2 aliphatic rings. The van der Waals surface area contributed by atoms with E-state index in [9.17, 15) is 4.79 Å². The summed E-state index contributed by atoms with van der Waals surface area (Å²) in [6.45, 7) is 5.60. The molecule has 1 amide bonds. The third-order valence-corrected chi connectivity index (χ3v) is 4.12. The maximum atomic E-state index is 12.3. The van der Waals surface area contributed by atoms with Crippen LogP contribution in [0.4, 0.5) is 0 Å². The van der Waals surface area contributed by atoms with Gasteiger partial charge < -0.3 is 9.64 Å². The van der Waals surface area contributed by atoms with Crippen molar-refractivity contribution in [3.05, 3.63) is 0 Å². The third-order valence-electron chi connectivity index (χ3n) is 4.12. The predicted octanol–water partition coefficient (Wildman–Crippen LogP) is 2.59. The summed E-state index contributed by atoms with van der Waals surface area (Å²) in [6.07, 6.45) is 7.44. The van der Waals surface area contributed by atoms with Gasteiger partial charge in [0.05, 0.1) is 18.8 Å². The summed E-state index contributed by atoms with van der Waals surface area (Å²) < 4.78 is 5.57. The van der Waals surface area contributed by atoms with Gasteiger partial charge in [-0.2, -0.15) is 0 Å². The molecule has 0 radical (unpaired) electrons. The van der Waals surface area contributed by atoms with Crippen LogP contribution in [-0.2, 0) is 9.53 Å². The average Bonchev–Trinajstić information content (AvgIpc) is 2.33. The maximum Gasteiger partial charge on any atom is 0.223 e. The summed E-state index contributed by atoms with van der Waals surface area (Å²) >= 11 is 0. The zero-order chi connectivity index (χ0) is 12.3. The first kappa shape index (κ1) is 12.9. The van der Waals surface area contributed by atoms with Crippen molar-refractivity contribution in [3.63, 3.8) is 0 Å². The largest absolute Gasteiger partial charge is 0.375 e. The van der Waals surface area contributed by atoms with Gasteiger partial charge in [-0.25, -0.2) is 0 Å². The summed E-state index contributed by atoms with van der Waals surface area (Å²) in [5.41, 5.74) is 0. The van der Waals surface area contributed by atoms with Crippen molar-refractivity contribution in [3.8, 4) is 0 Å². The van der Waals surface area contributed by atoms with E-state index in [1.165, 1.54) is 32.1 Å². The molecule has 1 heterocycles. The van der Waals surface area contributed by atoms with E-state index in [-0.39, 0.29) is 12.1 Å². The number of hydrogen-bond donors (Lipinski definition) is 0. The van der Waals surface area contributed by atoms with Crippen molar-refractivity contribution in [2.75, 3.05) is 13.2 Å². The lowest BCUT2D eigenvalue weighted by Gasteiger charge is -2.37. The zero-order valence-electron chi connectivity index (χ0n) is 11.2. The Morgan fingerprint density at radius 3 is 2.65 bits per heavy atom. The fraction of sp³-hybridized carbons (Fsp3) is 0.929. The number of rotatable bonds is 2. The van der Waals surface area contributed by atoms with Gasteiger partial charge in [0.15, 0.2) is 0 Å². The molecule has 1 aliphatic heterocycles. The van der Waals surface area contributed by atoms with Crippen molar-refractivity contribution in [1.82, 2.24) is 4.90 Å². The molecule has 2 fully saturated rings. The summed E-state index contributed by atoms with van der Waals surface area (Å²) in [6, 6.07) is 0.252. The molecule has 2 atom stereocenters. The molecular weight excluding hydrogens is 214 g/mol. The minimum atomic E-state index is 0.196. The van der Waals surface area contributed by atoms with Crippen LogP contribution >= 0.6 is 0 Å². The van der Waals surface area contributed by atoms with Crippen LogP contribution in [-0.4, -0.2) is 36.1 Å². The number of carbonyl (C=O) groups excluding carboxylic acids is 1. The molecule has 3 heteroatoms. The number of carbonyl (C=O) groups is 1. The molecule has 0 aromatic heterocycles. The van der Waals surface area contributed by atoms with E-state index in [1.807, 2.05) is 11.8 Å². The molecule has 0 bridgehead atoms. The molecule has 0 aromatic rings. The number of morpholine rings is 1. The summed E-state index contributed by atoms with van der Waals surface area (Å²) in [4.78, 5) is 14.3. The Balaban J connectivity index is 1.85. The fourth-order valence-electron chi connectivity index (χ4n) is 3.01. The van der Waals surface area contributed by atoms with Crippen LogP contribution in [0.2, 0.25) is 0 Å². The number of amides is 1. The lowest BCUT2D eigenvalue weighted by Crippen LogP contribution is -2.50.